The van der Waals surface area contributed by atoms with E-state index in [1.807, 2.05) is 13.8 Å². The Morgan fingerprint density at radius 2 is 1.88 bits per heavy atom. The molecular formula is C10H16O5Zn-2. The topological polar surface area (TPSA) is 89.5 Å². The monoisotopic (exact) mass is 280 g/mol. The van der Waals surface area contributed by atoms with Crippen LogP contribution in [0.15, 0.2) is 0 Å². The number of carbonyl (C=O) groups excluding carboxylic acids is 2. The van der Waals surface area contributed by atoms with Crippen LogP contribution in [0.2, 0.25) is 0 Å². The number of hydrogen-bond acceptors (Lipinski definition) is 5. The first-order valence-corrected chi connectivity index (χ1v) is 4.58. The quantitative estimate of drug-likeness (QED) is 0.343. The van der Waals surface area contributed by atoms with Crippen LogP contribution in [-0.2, 0) is 33.8 Å². The average Bonchev–Trinajstić information content (AvgIpc) is 2.10. The Hall–Kier alpha value is -0.737. The minimum absolute atomic E-state index is 0. The van der Waals surface area contributed by atoms with Gasteiger partial charge in [0.1, 0.15) is 0 Å². The van der Waals surface area contributed by atoms with Gasteiger partial charge in [-0.3, -0.25) is 0 Å². The second kappa shape index (κ2) is 14.3. The molecule has 0 fully saturated rings. The van der Waals surface area contributed by atoms with Crippen molar-refractivity contribution < 1.29 is 44.0 Å². The van der Waals surface area contributed by atoms with Crippen LogP contribution in [-0.4, -0.2) is 24.6 Å². The molecule has 1 unspecified atom stereocenters. The summed E-state index contributed by atoms with van der Waals surface area (Å²) >= 11 is 0. The molecule has 16 heavy (non-hydrogen) atoms. The number of aliphatic carboxylic acids is 2. The summed E-state index contributed by atoms with van der Waals surface area (Å²) < 4.78 is 5.22. The van der Waals surface area contributed by atoms with E-state index >= 15 is 0 Å². The third-order valence-corrected chi connectivity index (χ3v) is 1.41. The molecule has 0 rings (SSSR count). The molecule has 0 aliphatic heterocycles. The Labute approximate surface area is 109 Å². The molecular weight excluding hydrogens is 265 g/mol. The molecule has 0 N–H and O–H groups in total. The zero-order valence-corrected chi connectivity index (χ0v) is 12.7. The van der Waals surface area contributed by atoms with Gasteiger partial charge in [0.2, 0.25) is 0 Å². The van der Waals surface area contributed by atoms with Gasteiger partial charge in [-0.05, 0) is 13.3 Å². The summed E-state index contributed by atoms with van der Waals surface area (Å²) in [5.74, 6) is -2.46. The standard InChI is InChI=1S/C8H15O3.C2H3O2.Zn/c1-3-7(2)11-6-4-5-8(9)10;1-2(3)4;/h5,7H,3-4,6H2,1-2H3,(H,9,10);1H2,(H,3,4);/q2*-1;+2/p-2. The van der Waals surface area contributed by atoms with E-state index in [0.717, 1.165) is 12.8 Å². The Kier molecular flexibility index (Phi) is 18.4. The van der Waals surface area contributed by atoms with Gasteiger partial charge in [-0.1, -0.05) is 12.9 Å². The van der Waals surface area contributed by atoms with Crippen LogP contribution in [0.1, 0.15) is 26.7 Å². The molecule has 0 aliphatic carbocycles. The van der Waals surface area contributed by atoms with Crippen LogP contribution in [0.5, 0.6) is 0 Å². The predicted octanol–water partition coefficient (Wildman–Crippen LogP) is -1.29. The van der Waals surface area contributed by atoms with Crippen LogP contribution in [0, 0.1) is 13.3 Å². The van der Waals surface area contributed by atoms with Crippen molar-refractivity contribution in [1.82, 2.24) is 0 Å². The maximum absolute atomic E-state index is 9.89. The zero-order chi connectivity index (χ0) is 12.3. The van der Waals surface area contributed by atoms with Gasteiger partial charge in [-0.2, -0.15) is 0 Å². The van der Waals surface area contributed by atoms with Crippen LogP contribution in [0.25, 0.3) is 0 Å². The minimum atomic E-state index is -1.33. The van der Waals surface area contributed by atoms with E-state index in [9.17, 15) is 9.90 Å². The van der Waals surface area contributed by atoms with Crippen molar-refractivity contribution in [2.75, 3.05) is 6.61 Å². The Morgan fingerprint density at radius 3 is 2.19 bits per heavy atom. The first kappa shape index (κ1) is 20.6. The van der Waals surface area contributed by atoms with Gasteiger partial charge in [0.15, 0.2) is 0 Å². The summed E-state index contributed by atoms with van der Waals surface area (Å²) in [5, 5.41) is 18.7. The van der Waals surface area contributed by atoms with E-state index in [1.165, 1.54) is 0 Å². The molecule has 0 aromatic carbocycles. The van der Waals surface area contributed by atoms with Crippen molar-refractivity contribution >= 4 is 11.9 Å². The molecule has 90 valence electrons. The fraction of sp³-hybridized carbons (Fsp3) is 0.600. The van der Waals surface area contributed by atoms with Gasteiger partial charge in [0.25, 0.3) is 0 Å². The average molecular weight is 282 g/mol. The third-order valence-electron chi connectivity index (χ3n) is 1.41. The molecule has 0 saturated heterocycles. The fourth-order valence-corrected chi connectivity index (χ4v) is 0.564. The summed E-state index contributed by atoms with van der Waals surface area (Å²) in [4.78, 5) is 18.7. The van der Waals surface area contributed by atoms with Crippen molar-refractivity contribution in [3.05, 3.63) is 13.3 Å². The van der Waals surface area contributed by atoms with E-state index in [4.69, 9.17) is 14.6 Å². The first-order valence-electron chi connectivity index (χ1n) is 4.58. The normalized spacial score (nSPS) is 10.1. The van der Waals surface area contributed by atoms with E-state index < -0.39 is 11.9 Å². The number of hydrogen-bond donors (Lipinski definition) is 0. The van der Waals surface area contributed by atoms with Crippen LogP contribution in [0.4, 0.5) is 0 Å². The smallest absolute Gasteiger partial charge is 0.584 e. The van der Waals surface area contributed by atoms with Gasteiger partial charge in [-0.15, -0.1) is 12.4 Å². The van der Waals surface area contributed by atoms with Gasteiger partial charge in [0.05, 0.1) is 6.10 Å². The number of ether oxygens (including phenoxy) is 1. The molecule has 0 aromatic heterocycles. The molecule has 5 nitrogen and oxygen atoms in total. The summed E-state index contributed by atoms with van der Waals surface area (Å²) in [6.07, 6.45) is 2.69. The van der Waals surface area contributed by atoms with Crippen LogP contribution < -0.4 is 10.2 Å². The first-order chi connectivity index (χ1) is 6.90. The van der Waals surface area contributed by atoms with Gasteiger partial charge < -0.3 is 37.9 Å². The van der Waals surface area contributed by atoms with E-state index in [1.54, 1.807) is 0 Å². The van der Waals surface area contributed by atoms with Crippen molar-refractivity contribution in [2.45, 2.75) is 32.8 Å². The molecule has 0 radical (unpaired) electrons. The Morgan fingerprint density at radius 1 is 1.44 bits per heavy atom. The van der Waals surface area contributed by atoms with Gasteiger partial charge >= 0.3 is 19.5 Å². The van der Waals surface area contributed by atoms with E-state index in [2.05, 4.69) is 6.92 Å². The maximum Gasteiger partial charge on any atom is 2.00 e. The molecule has 1 atom stereocenters. The third kappa shape index (κ3) is 29.2. The van der Waals surface area contributed by atoms with Crippen LogP contribution in [0.3, 0.4) is 0 Å². The van der Waals surface area contributed by atoms with E-state index in [-0.39, 0.29) is 25.6 Å². The fourth-order valence-electron chi connectivity index (χ4n) is 0.564. The second-order valence-electron chi connectivity index (χ2n) is 2.77. The van der Waals surface area contributed by atoms with E-state index in [0.29, 0.717) is 13.0 Å². The van der Waals surface area contributed by atoms with Crippen molar-refractivity contribution in [2.24, 2.45) is 0 Å². The summed E-state index contributed by atoms with van der Waals surface area (Å²) in [6.45, 7) is 6.88. The van der Waals surface area contributed by atoms with Crippen LogP contribution >= 0.6 is 0 Å². The molecule has 0 amide bonds. The zero-order valence-electron chi connectivity index (χ0n) is 9.73. The summed E-state index contributed by atoms with van der Waals surface area (Å²) in [6, 6.07) is 0. The van der Waals surface area contributed by atoms with Gasteiger partial charge in [-0.25, -0.2) is 0 Å². The molecule has 0 heterocycles. The number of carboxylic acid groups (broad SMARTS) is 2. The maximum atomic E-state index is 9.89. The number of carboxylic acids is 2. The Bertz CT molecular complexity index is 180. The molecule has 0 aromatic rings. The molecule has 0 spiro atoms. The van der Waals surface area contributed by atoms with Crippen molar-refractivity contribution in [1.29, 1.82) is 0 Å². The molecule has 0 bridgehead atoms. The molecule has 0 aliphatic rings. The largest absolute Gasteiger partial charge is 2.00 e. The Balaban J connectivity index is -0.000000292. The number of rotatable bonds is 6. The SMILES string of the molecule is CCC(C)OCC[CH-]C(=O)[O-].[CH2-]C(=O)[O-].[Zn+2]. The minimum Gasteiger partial charge on any atom is -0.584 e. The molecule has 0 saturated carbocycles. The summed E-state index contributed by atoms with van der Waals surface area (Å²) in [7, 11) is 0. The second-order valence-corrected chi connectivity index (χ2v) is 2.77. The van der Waals surface area contributed by atoms with Crippen molar-refractivity contribution in [3.63, 3.8) is 0 Å². The van der Waals surface area contributed by atoms with Gasteiger partial charge in [0, 0.05) is 6.61 Å². The number of carbonyl (C=O) groups is 2. The predicted molar refractivity (Wildman–Crippen MR) is 50.0 cm³/mol. The van der Waals surface area contributed by atoms with Crippen molar-refractivity contribution in [3.8, 4) is 0 Å². The molecule has 6 heteroatoms. The summed E-state index contributed by atoms with van der Waals surface area (Å²) in [5.41, 5.74) is 0.